The van der Waals surface area contributed by atoms with E-state index < -0.39 is 0 Å². The number of carbonyl (C=O) groups excluding carboxylic acids is 1. The van der Waals surface area contributed by atoms with Crippen molar-refractivity contribution in [3.05, 3.63) is 40.1 Å². The highest BCUT2D eigenvalue weighted by molar-refractivity contribution is 9.10. The van der Waals surface area contributed by atoms with E-state index in [0.717, 1.165) is 5.69 Å². The van der Waals surface area contributed by atoms with E-state index in [1.54, 1.807) is 25.1 Å². The molecular formula is C12H13BrFNO2. The number of carbonyl (C=O) groups is 1. The lowest BCUT2D eigenvalue weighted by molar-refractivity contribution is -0.136. The largest absolute Gasteiger partial charge is 0.466 e. The maximum atomic E-state index is 13.0. The molecule has 1 N–H and O–H groups in total. The van der Waals surface area contributed by atoms with Gasteiger partial charge in [0.1, 0.15) is 5.82 Å². The molecule has 17 heavy (non-hydrogen) atoms. The number of ether oxygens (including phenoxy) is 1. The standard InChI is InChI=1S/C12H13BrFNO2/c1-8(12(16)17-2)5-6-15-9-3-4-11(14)10(13)7-9/h3-5,7,15H,6H2,1-2H3/b8-5+. The topological polar surface area (TPSA) is 38.3 Å². The van der Waals surface area contributed by atoms with Crippen molar-refractivity contribution in [1.29, 1.82) is 0 Å². The molecule has 1 rings (SSSR count). The highest BCUT2D eigenvalue weighted by Crippen LogP contribution is 2.19. The second kappa shape index (κ2) is 6.39. The monoisotopic (exact) mass is 301 g/mol. The van der Waals surface area contributed by atoms with Gasteiger partial charge >= 0.3 is 5.97 Å². The van der Waals surface area contributed by atoms with Crippen LogP contribution in [0, 0.1) is 5.82 Å². The molecule has 3 nitrogen and oxygen atoms in total. The maximum absolute atomic E-state index is 13.0. The molecule has 0 fully saturated rings. The molecule has 0 radical (unpaired) electrons. The Morgan fingerprint density at radius 2 is 2.29 bits per heavy atom. The smallest absolute Gasteiger partial charge is 0.333 e. The SMILES string of the molecule is COC(=O)/C(C)=C/CNc1ccc(F)c(Br)c1. The molecule has 0 heterocycles. The summed E-state index contributed by atoms with van der Waals surface area (Å²) in [5.74, 6) is -0.663. The fourth-order valence-corrected chi connectivity index (χ4v) is 1.55. The minimum atomic E-state index is -0.355. The zero-order valence-corrected chi connectivity index (χ0v) is 11.2. The quantitative estimate of drug-likeness (QED) is 0.686. The third-order valence-corrected chi connectivity index (χ3v) is 2.75. The number of hydrogen-bond acceptors (Lipinski definition) is 3. The van der Waals surface area contributed by atoms with Gasteiger partial charge in [0.15, 0.2) is 0 Å². The molecule has 0 unspecified atom stereocenters. The third-order valence-electron chi connectivity index (χ3n) is 2.14. The van der Waals surface area contributed by atoms with Gasteiger partial charge in [-0.2, -0.15) is 0 Å². The lowest BCUT2D eigenvalue weighted by Crippen LogP contribution is -2.05. The van der Waals surface area contributed by atoms with Gasteiger partial charge in [-0.15, -0.1) is 0 Å². The summed E-state index contributed by atoms with van der Waals surface area (Å²) in [6.45, 7) is 2.15. The Balaban J connectivity index is 2.56. The van der Waals surface area contributed by atoms with Crippen molar-refractivity contribution in [1.82, 2.24) is 0 Å². The first-order chi connectivity index (χ1) is 8.04. The van der Waals surface area contributed by atoms with Crippen LogP contribution in [0.5, 0.6) is 0 Å². The van der Waals surface area contributed by atoms with Crippen LogP contribution in [0.2, 0.25) is 0 Å². The molecule has 0 saturated carbocycles. The molecule has 0 saturated heterocycles. The van der Waals surface area contributed by atoms with E-state index >= 15 is 0 Å². The maximum Gasteiger partial charge on any atom is 0.333 e. The van der Waals surface area contributed by atoms with Crippen LogP contribution in [0.15, 0.2) is 34.3 Å². The Labute approximate surface area is 108 Å². The molecule has 5 heteroatoms. The van der Waals surface area contributed by atoms with Crippen molar-refractivity contribution in [3.63, 3.8) is 0 Å². The van der Waals surface area contributed by atoms with Crippen molar-refractivity contribution < 1.29 is 13.9 Å². The van der Waals surface area contributed by atoms with Gasteiger partial charge in [0, 0.05) is 17.8 Å². The highest BCUT2D eigenvalue weighted by Gasteiger charge is 2.02. The Kier molecular flexibility index (Phi) is 5.15. The van der Waals surface area contributed by atoms with E-state index in [9.17, 15) is 9.18 Å². The van der Waals surface area contributed by atoms with Gasteiger partial charge in [0.2, 0.25) is 0 Å². The summed E-state index contributed by atoms with van der Waals surface area (Å²) in [6.07, 6.45) is 1.71. The molecule has 92 valence electrons. The summed E-state index contributed by atoms with van der Waals surface area (Å²) in [7, 11) is 1.34. The molecule has 0 aromatic heterocycles. The molecular weight excluding hydrogens is 289 g/mol. The number of nitrogens with one attached hydrogen (secondary N) is 1. The summed E-state index contributed by atoms with van der Waals surface area (Å²) in [5.41, 5.74) is 1.30. The van der Waals surface area contributed by atoms with Crippen LogP contribution in [0.1, 0.15) is 6.92 Å². The van der Waals surface area contributed by atoms with E-state index in [0.29, 0.717) is 16.6 Å². The summed E-state index contributed by atoms with van der Waals surface area (Å²) in [5, 5.41) is 3.04. The lowest BCUT2D eigenvalue weighted by Gasteiger charge is -2.05. The summed E-state index contributed by atoms with van der Waals surface area (Å²) < 4.78 is 17.9. The van der Waals surface area contributed by atoms with Crippen LogP contribution < -0.4 is 5.32 Å². The molecule has 1 aromatic rings. The third kappa shape index (κ3) is 4.19. The Morgan fingerprint density at radius 1 is 1.59 bits per heavy atom. The molecule has 1 aromatic carbocycles. The van der Waals surface area contributed by atoms with Gasteiger partial charge < -0.3 is 10.1 Å². The second-order valence-corrected chi connectivity index (χ2v) is 4.24. The summed E-state index contributed by atoms with van der Waals surface area (Å²) in [6, 6.07) is 4.63. The first-order valence-electron chi connectivity index (χ1n) is 4.98. The number of halogens is 2. The molecule has 0 aliphatic heterocycles. The van der Waals surface area contributed by atoms with Gasteiger partial charge in [-0.05, 0) is 41.1 Å². The van der Waals surface area contributed by atoms with Gasteiger partial charge in [-0.25, -0.2) is 9.18 Å². The average Bonchev–Trinajstić information content (AvgIpc) is 2.32. The van der Waals surface area contributed by atoms with Crippen molar-refractivity contribution in [2.24, 2.45) is 0 Å². The Hall–Kier alpha value is -1.36. The number of hydrogen-bond donors (Lipinski definition) is 1. The number of methoxy groups -OCH3 is 1. The Bertz CT molecular complexity index is 446. The first kappa shape index (κ1) is 13.7. The average molecular weight is 302 g/mol. The van der Waals surface area contributed by atoms with E-state index in [1.165, 1.54) is 13.2 Å². The zero-order chi connectivity index (χ0) is 12.8. The second-order valence-electron chi connectivity index (χ2n) is 3.39. The van der Waals surface area contributed by atoms with Crippen molar-refractivity contribution >= 4 is 27.6 Å². The summed E-state index contributed by atoms with van der Waals surface area (Å²) in [4.78, 5) is 11.1. The number of anilines is 1. The molecule has 0 aliphatic rings. The zero-order valence-electron chi connectivity index (χ0n) is 9.59. The Morgan fingerprint density at radius 3 is 2.88 bits per heavy atom. The predicted octanol–water partition coefficient (Wildman–Crippen LogP) is 3.12. The molecule has 0 spiro atoms. The number of esters is 1. The van der Waals surface area contributed by atoms with Crippen LogP contribution in [0.25, 0.3) is 0 Å². The fourth-order valence-electron chi connectivity index (χ4n) is 1.17. The number of benzene rings is 1. The van der Waals surface area contributed by atoms with Crippen LogP contribution in [-0.2, 0) is 9.53 Å². The molecule has 0 amide bonds. The van der Waals surface area contributed by atoms with Gasteiger partial charge in [0.05, 0.1) is 11.6 Å². The van der Waals surface area contributed by atoms with Crippen LogP contribution in [-0.4, -0.2) is 19.6 Å². The predicted molar refractivity (Wildman–Crippen MR) is 68.4 cm³/mol. The van der Waals surface area contributed by atoms with Crippen LogP contribution in [0.4, 0.5) is 10.1 Å². The minimum Gasteiger partial charge on any atom is -0.466 e. The molecule has 0 aliphatic carbocycles. The van der Waals surface area contributed by atoms with E-state index in [-0.39, 0.29) is 11.8 Å². The fraction of sp³-hybridized carbons (Fsp3) is 0.250. The molecule has 0 bridgehead atoms. The van der Waals surface area contributed by atoms with Crippen molar-refractivity contribution in [2.75, 3.05) is 19.0 Å². The summed E-state index contributed by atoms with van der Waals surface area (Å²) >= 11 is 3.10. The highest BCUT2D eigenvalue weighted by atomic mass is 79.9. The minimum absolute atomic E-state index is 0.308. The van der Waals surface area contributed by atoms with Gasteiger partial charge in [-0.1, -0.05) is 6.08 Å². The van der Waals surface area contributed by atoms with Crippen LogP contribution in [0.3, 0.4) is 0 Å². The van der Waals surface area contributed by atoms with E-state index in [1.807, 2.05) is 0 Å². The van der Waals surface area contributed by atoms with Crippen molar-refractivity contribution in [3.8, 4) is 0 Å². The lowest BCUT2D eigenvalue weighted by atomic mass is 10.2. The van der Waals surface area contributed by atoms with E-state index in [4.69, 9.17) is 0 Å². The van der Waals surface area contributed by atoms with Gasteiger partial charge in [0.25, 0.3) is 0 Å². The number of rotatable bonds is 4. The van der Waals surface area contributed by atoms with Crippen molar-refractivity contribution in [2.45, 2.75) is 6.92 Å². The first-order valence-corrected chi connectivity index (χ1v) is 5.78. The molecule has 0 atom stereocenters. The van der Waals surface area contributed by atoms with Crippen LogP contribution >= 0.6 is 15.9 Å². The normalized spacial score (nSPS) is 11.2. The van der Waals surface area contributed by atoms with E-state index in [2.05, 4.69) is 26.0 Å². The van der Waals surface area contributed by atoms with Gasteiger partial charge in [-0.3, -0.25) is 0 Å².